The molecule has 1 aromatic carbocycles. The van der Waals surface area contributed by atoms with Crippen LogP contribution in [0, 0.1) is 5.92 Å². The molecule has 2 rings (SSSR count). The molecule has 1 saturated heterocycles. The van der Waals surface area contributed by atoms with E-state index in [0.29, 0.717) is 5.92 Å². The number of rotatable bonds is 2. The van der Waals surface area contributed by atoms with E-state index in [9.17, 15) is 0 Å². The molecule has 0 aliphatic carbocycles. The van der Waals surface area contributed by atoms with Gasteiger partial charge in [-0.15, -0.1) is 0 Å². The SMILES string of the molecule is CC(C)C1(c2ccccc2Cl)CCCNC1. The van der Waals surface area contributed by atoms with Gasteiger partial charge in [-0.05, 0) is 36.9 Å². The van der Waals surface area contributed by atoms with E-state index < -0.39 is 0 Å². The predicted octanol–water partition coefficient (Wildman–Crippen LogP) is 3.62. The summed E-state index contributed by atoms with van der Waals surface area (Å²) in [6.45, 7) is 6.79. The summed E-state index contributed by atoms with van der Waals surface area (Å²) < 4.78 is 0. The Morgan fingerprint density at radius 1 is 1.31 bits per heavy atom. The van der Waals surface area contributed by atoms with Gasteiger partial charge < -0.3 is 5.32 Å². The van der Waals surface area contributed by atoms with Crippen LogP contribution in [0.4, 0.5) is 0 Å². The second-order valence-electron chi connectivity index (χ2n) is 5.07. The molecule has 1 atom stereocenters. The topological polar surface area (TPSA) is 12.0 Å². The number of hydrogen-bond acceptors (Lipinski definition) is 1. The van der Waals surface area contributed by atoms with E-state index >= 15 is 0 Å². The van der Waals surface area contributed by atoms with Crippen molar-refractivity contribution in [3.8, 4) is 0 Å². The summed E-state index contributed by atoms with van der Waals surface area (Å²) in [5.74, 6) is 0.611. The maximum absolute atomic E-state index is 6.36. The van der Waals surface area contributed by atoms with Crippen LogP contribution in [0.5, 0.6) is 0 Å². The van der Waals surface area contributed by atoms with Gasteiger partial charge in [0, 0.05) is 17.0 Å². The van der Waals surface area contributed by atoms with Gasteiger partial charge in [0.25, 0.3) is 0 Å². The van der Waals surface area contributed by atoms with Crippen molar-refractivity contribution in [1.29, 1.82) is 0 Å². The van der Waals surface area contributed by atoms with Crippen LogP contribution >= 0.6 is 11.6 Å². The molecular formula is C14H20ClN. The van der Waals surface area contributed by atoms with E-state index in [1.807, 2.05) is 12.1 Å². The monoisotopic (exact) mass is 237 g/mol. The average molecular weight is 238 g/mol. The molecular weight excluding hydrogens is 218 g/mol. The second-order valence-corrected chi connectivity index (χ2v) is 5.48. The molecule has 0 saturated carbocycles. The van der Waals surface area contributed by atoms with E-state index in [0.717, 1.165) is 18.1 Å². The van der Waals surface area contributed by atoms with Crippen LogP contribution in [0.15, 0.2) is 24.3 Å². The van der Waals surface area contributed by atoms with E-state index in [4.69, 9.17) is 11.6 Å². The summed E-state index contributed by atoms with van der Waals surface area (Å²) in [5.41, 5.74) is 1.54. The van der Waals surface area contributed by atoms with Gasteiger partial charge in [-0.25, -0.2) is 0 Å². The van der Waals surface area contributed by atoms with Crippen LogP contribution < -0.4 is 5.32 Å². The number of piperidine rings is 1. The minimum atomic E-state index is 0.219. The summed E-state index contributed by atoms with van der Waals surface area (Å²) in [6, 6.07) is 8.31. The Morgan fingerprint density at radius 3 is 2.62 bits per heavy atom. The number of benzene rings is 1. The Hall–Kier alpha value is -0.530. The fourth-order valence-electron chi connectivity index (χ4n) is 2.83. The van der Waals surface area contributed by atoms with Gasteiger partial charge in [-0.2, -0.15) is 0 Å². The molecule has 0 spiro atoms. The fraction of sp³-hybridized carbons (Fsp3) is 0.571. The smallest absolute Gasteiger partial charge is 0.0444 e. The largest absolute Gasteiger partial charge is 0.316 e. The number of halogens is 1. The third kappa shape index (κ3) is 1.99. The first-order valence-corrected chi connectivity index (χ1v) is 6.50. The highest BCUT2D eigenvalue weighted by Crippen LogP contribution is 2.41. The summed E-state index contributed by atoms with van der Waals surface area (Å²) in [5, 5.41) is 4.44. The van der Waals surface area contributed by atoms with Gasteiger partial charge >= 0.3 is 0 Å². The van der Waals surface area contributed by atoms with Gasteiger partial charge in [0.2, 0.25) is 0 Å². The fourth-order valence-corrected chi connectivity index (χ4v) is 3.15. The van der Waals surface area contributed by atoms with Crippen molar-refractivity contribution in [3.63, 3.8) is 0 Å². The number of hydrogen-bond donors (Lipinski definition) is 1. The lowest BCUT2D eigenvalue weighted by atomic mass is 9.67. The van der Waals surface area contributed by atoms with Crippen molar-refractivity contribution in [2.75, 3.05) is 13.1 Å². The van der Waals surface area contributed by atoms with E-state index in [1.165, 1.54) is 18.4 Å². The lowest BCUT2D eigenvalue weighted by Gasteiger charge is -2.42. The van der Waals surface area contributed by atoms with Gasteiger partial charge in [-0.1, -0.05) is 43.6 Å². The van der Waals surface area contributed by atoms with E-state index in [-0.39, 0.29) is 5.41 Å². The average Bonchev–Trinajstić information content (AvgIpc) is 2.30. The molecule has 1 aliphatic rings. The molecule has 16 heavy (non-hydrogen) atoms. The predicted molar refractivity (Wildman–Crippen MR) is 70.1 cm³/mol. The molecule has 0 bridgehead atoms. The summed E-state index contributed by atoms with van der Waals surface area (Å²) in [7, 11) is 0. The minimum absolute atomic E-state index is 0.219. The minimum Gasteiger partial charge on any atom is -0.316 e. The van der Waals surface area contributed by atoms with Crippen LogP contribution in [0.2, 0.25) is 5.02 Å². The number of nitrogens with one attached hydrogen (secondary N) is 1. The lowest BCUT2D eigenvalue weighted by Crippen LogP contribution is -2.47. The Morgan fingerprint density at radius 2 is 2.06 bits per heavy atom. The van der Waals surface area contributed by atoms with Crippen molar-refractivity contribution in [3.05, 3.63) is 34.9 Å². The van der Waals surface area contributed by atoms with Crippen molar-refractivity contribution in [2.24, 2.45) is 5.92 Å². The van der Waals surface area contributed by atoms with E-state index in [1.54, 1.807) is 0 Å². The summed E-state index contributed by atoms with van der Waals surface area (Å²) in [6.07, 6.45) is 2.48. The molecule has 88 valence electrons. The summed E-state index contributed by atoms with van der Waals surface area (Å²) in [4.78, 5) is 0. The Bertz CT molecular complexity index is 354. The molecule has 0 amide bonds. The van der Waals surface area contributed by atoms with Crippen LogP contribution in [0.25, 0.3) is 0 Å². The Kier molecular flexibility index (Phi) is 3.56. The van der Waals surface area contributed by atoms with Gasteiger partial charge in [0.05, 0.1) is 0 Å². The van der Waals surface area contributed by atoms with Gasteiger partial charge in [-0.3, -0.25) is 0 Å². The molecule has 1 unspecified atom stereocenters. The molecule has 0 radical (unpaired) electrons. The molecule has 1 aliphatic heterocycles. The van der Waals surface area contributed by atoms with Gasteiger partial charge in [0.15, 0.2) is 0 Å². The standard InChI is InChI=1S/C14H20ClN/c1-11(2)14(8-5-9-16-10-14)12-6-3-4-7-13(12)15/h3-4,6-7,11,16H,5,8-10H2,1-2H3. The first kappa shape index (κ1) is 11.9. The van der Waals surface area contributed by atoms with Crippen LogP contribution in [-0.2, 0) is 5.41 Å². The van der Waals surface area contributed by atoms with Gasteiger partial charge in [0.1, 0.15) is 0 Å². The maximum Gasteiger partial charge on any atom is 0.0444 e. The molecule has 0 aromatic heterocycles. The third-order valence-corrected chi connectivity index (χ3v) is 4.26. The van der Waals surface area contributed by atoms with Crippen LogP contribution in [-0.4, -0.2) is 13.1 Å². The quantitative estimate of drug-likeness (QED) is 0.829. The third-order valence-electron chi connectivity index (χ3n) is 3.93. The highest BCUT2D eigenvalue weighted by molar-refractivity contribution is 6.31. The molecule has 2 heteroatoms. The lowest BCUT2D eigenvalue weighted by molar-refractivity contribution is 0.233. The van der Waals surface area contributed by atoms with Crippen LogP contribution in [0.3, 0.4) is 0 Å². The zero-order chi connectivity index (χ0) is 11.6. The van der Waals surface area contributed by atoms with E-state index in [2.05, 4.69) is 31.3 Å². The van der Waals surface area contributed by atoms with Crippen molar-refractivity contribution in [1.82, 2.24) is 5.32 Å². The molecule has 1 aromatic rings. The molecule has 1 nitrogen and oxygen atoms in total. The second kappa shape index (κ2) is 4.77. The maximum atomic E-state index is 6.36. The zero-order valence-corrected chi connectivity index (χ0v) is 10.8. The Labute approximate surface area is 103 Å². The normalized spacial score (nSPS) is 26.0. The highest BCUT2D eigenvalue weighted by atomic mass is 35.5. The molecule has 1 N–H and O–H groups in total. The first-order chi connectivity index (χ1) is 7.67. The Balaban J connectivity index is 2.43. The van der Waals surface area contributed by atoms with Crippen molar-refractivity contribution >= 4 is 11.6 Å². The molecule has 1 heterocycles. The first-order valence-electron chi connectivity index (χ1n) is 6.12. The molecule has 1 fully saturated rings. The summed E-state index contributed by atoms with van der Waals surface area (Å²) >= 11 is 6.36. The van der Waals surface area contributed by atoms with Crippen molar-refractivity contribution < 1.29 is 0 Å². The van der Waals surface area contributed by atoms with Crippen molar-refractivity contribution in [2.45, 2.75) is 32.1 Å². The zero-order valence-electron chi connectivity index (χ0n) is 10.1. The highest BCUT2D eigenvalue weighted by Gasteiger charge is 2.38. The van der Waals surface area contributed by atoms with Crippen LogP contribution in [0.1, 0.15) is 32.3 Å².